The number of amides is 1. The predicted molar refractivity (Wildman–Crippen MR) is 95.6 cm³/mol. The fourth-order valence-corrected chi connectivity index (χ4v) is 2.83. The maximum atomic E-state index is 12.6. The maximum Gasteiger partial charge on any atom is 0.416 e. The normalized spacial score (nSPS) is 13.6. The van der Waals surface area contributed by atoms with E-state index in [1.54, 1.807) is 0 Å². The van der Waals surface area contributed by atoms with E-state index in [0.29, 0.717) is 0 Å². The molecule has 2 rings (SSSR count). The van der Waals surface area contributed by atoms with Crippen molar-refractivity contribution in [3.63, 3.8) is 0 Å². The van der Waals surface area contributed by atoms with Crippen molar-refractivity contribution >= 4 is 11.9 Å². The van der Waals surface area contributed by atoms with E-state index in [-0.39, 0.29) is 12.0 Å². The molecule has 0 aliphatic heterocycles. The van der Waals surface area contributed by atoms with Crippen molar-refractivity contribution < 1.29 is 33.0 Å². The minimum atomic E-state index is -4.54. The number of carboxylic acid groups (broad SMARTS) is 1. The van der Waals surface area contributed by atoms with Crippen molar-refractivity contribution in [1.82, 2.24) is 5.32 Å². The molecule has 3 N–H and O–H groups in total. The van der Waals surface area contributed by atoms with Crippen LogP contribution in [0.25, 0.3) is 0 Å². The SMILES string of the molecule is Cc1cccc(C)c1C[C@H](NC(=O)[C@@H](O)c1ccc(C(F)(F)F)cc1)C(=O)O. The molecule has 0 heterocycles. The number of aryl methyl sites for hydroxylation is 2. The van der Waals surface area contributed by atoms with Crippen LogP contribution in [0.15, 0.2) is 42.5 Å². The summed E-state index contributed by atoms with van der Waals surface area (Å²) < 4.78 is 37.8. The Hall–Kier alpha value is -2.87. The van der Waals surface area contributed by atoms with Crippen molar-refractivity contribution in [2.24, 2.45) is 0 Å². The van der Waals surface area contributed by atoms with Crippen LogP contribution in [0, 0.1) is 13.8 Å². The van der Waals surface area contributed by atoms with E-state index in [1.165, 1.54) is 0 Å². The molecule has 0 saturated carbocycles. The molecule has 5 nitrogen and oxygen atoms in total. The first-order chi connectivity index (χ1) is 13.0. The molecule has 2 aromatic rings. The largest absolute Gasteiger partial charge is 0.480 e. The zero-order chi connectivity index (χ0) is 21.1. The number of alkyl halides is 3. The van der Waals surface area contributed by atoms with Crippen molar-refractivity contribution in [3.8, 4) is 0 Å². The van der Waals surface area contributed by atoms with Crippen LogP contribution >= 0.6 is 0 Å². The highest BCUT2D eigenvalue weighted by Gasteiger charge is 2.31. The standard InChI is InChI=1S/C20H20F3NO4/c1-11-4-3-5-12(2)15(11)10-16(19(27)28)24-18(26)17(25)13-6-8-14(9-7-13)20(21,22)23/h3-9,16-17,25H,10H2,1-2H3,(H,24,26)(H,27,28)/t16-,17-/m0/s1. The second-order valence-electron chi connectivity index (χ2n) is 6.50. The van der Waals surface area contributed by atoms with Crippen LogP contribution in [0.1, 0.15) is 33.9 Å². The van der Waals surface area contributed by atoms with Gasteiger partial charge in [-0.15, -0.1) is 0 Å². The number of aliphatic hydroxyl groups is 1. The van der Waals surface area contributed by atoms with E-state index in [9.17, 15) is 33.0 Å². The Kier molecular flexibility index (Phi) is 6.45. The summed E-state index contributed by atoms with van der Waals surface area (Å²) >= 11 is 0. The molecule has 0 fully saturated rings. The van der Waals surface area contributed by atoms with E-state index >= 15 is 0 Å². The number of halogens is 3. The molecule has 0 saturated heterocycles. The Bertz CT molecular complexity index is 842. The van der Waals surface area contributed by atoms with E-state index in [2.05, 4.69) is 5.32 Å². The highest BCUT2D eigenvalue weighted by atomic mass is 19.4. The average molecular weight is 395 g/mol. The van der Waals surface area contributed by atoms with Gasteiger partial charge in [-0.1, -0.05) is 30.3 Å². The monoisotopic (exact) mass is 395 g/mol. The zero-order valence-electron chi connectivity index (χ0n) is 15.2. The molecule has 0 radical (unpaired) electrons. The molecule has 28 heavy (non-hydrogen) atoms. The van der Waals surface area contributed by atoms with E-state index in [1.807, 2.05) is 32.0 Å². The number of carboxylic acids is 1. The lowest BCUT2D eigenvalue weighted by Gasteiger charge is -2.19. The molecule has 0 unspecified atom stereocenters. The molecule has 0 aliphatic rings. The van der Waals surface area contributed by atoms with Gasteiger partial charge < -0.3 is 15.5 Å². The van der Waals surface area contributed by atoms with E-state index in [0.717, 1.165) is 41.0 Å². The van der Waals surface area contributed by atoms with Crippen LogP contribution in [-0.4, -0.2) is 28.1 Å². The topological polar surface area (TPSA) is 86.6 Å². The number of aliphatic carboxylic acids is 1. The smallest absolute Gasteiger partial charge is 0.416 e. The number of hydrogen-bond acceptors (Lipinski definition) is 3. The van der Waals surface area contributed by atoms with Gasteiger partial charge in [-0.2, -0.15) is 13.2 Å². The van der Waals surface area contributed by atoms with Crippen molar-refractivity contribution in [2.75, 3.05) is 0 Å². The van der Waals surface area contributed by atoms with E-state index in [4.69, 9.17) is 0 Å². The Morgan fingerprint density at radius 1 is 1.04 bits per heavy atom. The maximum absolute atomic E-state index is 12.6. The van der Waals surface area contributed by atoms with Gasteiger partial charge in [0.15, 0.2) is 6.10 Å². The van der Waals surface area contributed by atoms with Gasteiger partial charge in [-0.05, 0) is 48.2 Å². The molecule has 0 bridgehead atoms. The summed E-state index contributed by atoms with van der Waals surface area (Å²) in [6.07, 6.45) is -6.31. The number of carbonyl (C=O) groups is 2. The van der Waals surface area contributed by atoms with Gasteiger partial charge in [-0.25, -0.2) is 4.79 Å². The lowest BCUT2D eigenvalue weighted by atomic mass is 9.96. The summed E-state index contributed by atoms with van der Waals surface area (Å²) in [6, 6.07) is 7.63. The lowest BCUT2D eigenvalue weighted by Crippen LogP contribution is -2.44. The molecule has 0 aliphatic carbocycles. The first kappa shape index (κ1) is 21.4. The fraction of sp³-hybridized carbons (Fsp3) is 0.300. The summed E-state index contributed by atoms with van der Waals surface area (Å²) in [5, 5.41) is 21.8. The number of rotatable bonds is 6. The third kappa shape index (κ3) is 5.10. The Balaban J connectivity index is 2.14. The summed E-state index contributed by atoms with van der Waals surface area (Å²) in [7, 11) is 0. The Morgan fingerprint density at radius 3 is 2.04 bits per heavy atom. The highest BCUT2D eigenvalue weighted by Crippen LogP contribution is 2.30. The molecular formula is C20H20F3NO4. The van der Waals surface area contributed by atoms with Gasteiger partial charge >= 0.3 is 12.1 Å². The van der Waals surface area contributed by atoms with Crippen molar-refractivity contribution in [3.05, 3.63) is 70.3 Å². The molecule has 1 amide bonds. The molecule has 2 aromatic carbocycles. The quantitative estimate of drug-likeness (QED) is 0.701. The molecule has 0 spiro atoms. The second-order valence-corrected chi connectivity index (χ2v) is 6.50. The van der Waals surface area contributed by atoms with Crippen LogP contribution in [0.3, 0.4) is 0 Å². The van der Waals surface area contributed by atoms with Gasteiger partial charge in [0.25, 0.3) is 5.91 Å². The Morgan fingerprint density at radius 2 is 1.57 bits per heavy atom. The molecule has 8 heteroatoms. The molecule has 0 aromatic heterocycles. The third-order valence-corrected chi connectivity index (χ3v) is 4.47. The van der Waals surface area contributed by atoms with Crippen molar-refractivity contribution in [1.29, 1.82) is 0 Å². The van der Waals surface area contributed by atoms with Gasteiger partial charge in [0, 0.05) is 6.42 Å². The van der Waals surface area contributed by atoms with Crippen LogP contribution in [0.4, 0.5) is 13.2 Å². The molecule has 150 valence electrons. The first-order valence-electron chi connectivity index (χ1n) is 8.44. The number of hydrogen-bond donors (Lipinski definition) is 3. The van der Waals surface area contributed by atoms with Crippen LogP contribution in [-0.2, 0) is 22.2 Å². The number of benzene rings is 2. The average Bonchev–Trinajstić information content (AvgIpc) is 2.62. The summed E-state index contributed by atoms with van der Waals surface area (Å²) in [5.74, 6) is -2.28. The molecular weight excluding hydrogens is 375 g/mol. The lowest BCUT2D eigenvalue weighted by molar-refractivity contribution is -0.143. The zero-order valence-corrected chi connectivity index (χ0v) is 15.2. The molecule has 2 atom stereocenters. The van der Waals surface area contributed by atoms with E-state index < -0.39 is 35.8 Å². The van der Waals surface area contributed by atoms with Gasteiger partial charge in [0.1, 0.15) is 6.04 Å². The minimum absolute atomic E-state index is 0.0132. The summed E-state index contributed by atoms with van der Waals surface area (Å²) in [6.45, 7) is 3.64. The van der Waals surface area contributed by atoms with Gasteiger partial charge in [-0.3, -0.25) is 4.79 Å². The predicted octanol–water partition coefficient (Wildman–Crippen LogP) is 3.17. The number of aliphatic hydroxyl groups excluding tert-OH is 1. The Labute approximate surface area is 159 Å². The van der Waals surface area contributed by atoms with Crippen molar-refractivity contribution in [2.45, 2.75) is 38.6 Å². The fourth-order valence-electron chi connectivity index (χ4n) is 2.83. The van der Waals surface area contributed by atoms with Gasteiger partial charge in [0.05, 0.1) is 5.56 Å². The van der Waals surface area contributed by atoms with Crippen LogP contribution in [0.2, 0.25) is 0 Å². The number of nitrogens with one attached hydrogen (secondary N) is 1. The minimum Gasteiger partial charge on any atom is -0.480 e. The summed E-state index contributed by atoms with van der Waals surface area (Å²) in [4.78, 5) is 23.8. The second kappa shape index (κ2) is 8.43. The highest BCUT2D eigenvalue weighted by molar-refractivity contribution is 5.87. The van der Waals surface area contributed by atoms with Gasteiger partial charge in [0.2, 0.25) is 0 Å². The first-order valence-corrected chi connectivity index (χ1v) is 8.44. The van der Waals surface area contributed by atoms with Crippen LogP contribution < -0.4 is 5.32 Å². The third-order valence-electron chi connectivity index (χ3n) is 4.47. The van der Waals surface area contributed by atoms with Crippen LogP contribution in [0.5, 0.6) is 0 Å². The number of carbonyl (C=O) groups excluding carboxylic acids is 1. The summed E-state index contributed by atoms with van der Waals surface area (Å²) in [5.41, 5.74) is 1.51.